The number of hydrogen-bond acceptors (Lipinski definition) is 6. The van der Waals surface area contributed by atoms with Crippen LogP contribution in [0.3, 0.4) is 0 Å². The van der Waals surface area contributed by atoms with Crippen LogP contribution in [0.15, 0.2) is 28.4 Å². The molecule has 2 aromatic heterocycles. The topological polar surface area (TPSA) is 67.5 Å². The van der Waals surface area contributed by atoms with Crippen LogP contribution in [0, 0.1) is 0 Å². The molecule has 0 aliphatic heterocycles. The van der Waals surface area contributed by atoms with Gasteiger partial charge in [-0.25, -0.2) is 4.98 Å². The van der Waals surface area contributed by atoms with Crippen LogP contribution in [0.2, 0.25) is 0 Å². The minimum absolute atomic E-state index is 0.108. The third-order valence-corrected chi connectivity index (χ3v) is 5.33. The number of thiophene rings is 1. The first kappa shape index (κ1) is 18.4. The molecule has 1 N–H and O–H groups in total. The molecule has 0 amide bonds. The van der Waals surface area contributed by atoms with Crippen molar-refractivity contribution >= 4 is 21.6 Å². The van der Waals surface area contributed by atoms with E-state index in [-0.39, 0.29) is 5.56 Å². The highest BCUT2D eigenvalue weighted by molar-refractivity contribution is 7.17. The molecule has 3 rings (SSSR count). The van der Waals surface area contributed by atoms with Crippen molar-refractivity contribution in [1.29, 1.82) is 0 Å². The number of nitrogens with zero attached hydrogens (tertiary/aromatic N) is 2. The Bertz CT molecular complexity index is 960. The molecule has 0 aliphatic rings. The number of aromatic nitrogens is 2. The van der Waals surface area contributed by atoms with Crippen molar-refractivity contribution in [3.05, 3.63) is 39.8 Å². The van der Waals surface area contributed by atoms with Gasteiger partial charge in [0.25, 0.3) is 5.56 Å². The summed E-state index contributed by atoms with van der Waals surface area (Å²) in [6.07, 6.45) is 0. The maximum atomic E-state index is 12.7. The minimum Gasteiger partial charge on any atom is -0.493 e. The number of fused-ring (bicyclic) bond motifs is 1. The zero-order valence-corrected chi connectivity index (χ0v) is 16.3. The zero-order chi connectivity index (χ0) is 18.7. The molecule has 0 unspecified atom stereocenters. The average Bonchev–Trinajstić information content (AvgIpc) is 3.10. The molecular formula is C19H23N3O3S. The summed E-state index contributed by atoms with van der Waals surface area (Å²) in [5.41, 5.74) is 1.65. The smallest absolute Gasteiger partial charge is 0.260 e. The summed E-state index contributed by atoms with van der Waals surface area (Å²) < 4.78 is 10.7. The predicted molar refractivity (Wildman–Crippen MR) is 105 cm³/mol. The standard InChI is InChI=1S/C19H23N3O3S/c1-5-22(6-2)10-16-20-18(23)17-13(11-26-19(17)21-16)12-7-8-14(24-3)15(9-12)25-4/h7-9,11H,5-6,10H2,1-4H3,(H,20,21,23). The van der Waals surface area contributed by atoms with Crippen molar-refractivity contribution < 1.29 is 9.47 Å². The third-order valence-electron chi connectivity index (χ3n) is 4.46. The molecule has 3 aromatic rings. The number of methoxy groups -OCH3 is 2. The van der Waals surface area contributed by atoms with Gasteiger partial charge in [0.1, 0.15) is 10.7 Å². The lowest BCUT2D eigenvalue weighted by Crippen LogP contribution is -2.25. The lowest BCUT2D eigenvalue weighted by molar-refractivity contribution is 0.288. The molecule has 1 aromatic carbocycles. The Balaban J connectivity index is 2.05. The molecule has 0 fully saturated rings. The molecule has 2 heterocycles. The van der Waals surface area contributed by atoms with Gasteiger partial charge in [-0.3, -0.25) is 9.69 Å². The molecule has 0 radical (unpaired) electrons. The van der Waals surface area contributed by atoms with Crippen molar-refractivity contribution in [2.75, 3.05) is 27.3 Å². The Morgan fingerprint density at radius 2 is 1.88 bits per heavy atom. The summed E-state index contributed by atoms with van der Waals surface area (Å²) in [6.45, 7) is 6.67. The SMILES string of the molecule is CCN(CC)Cc1nc2scc(-c3ccc(OC)c(OC)c3)c2c(=O)[nH]1. The van der Waals surface area contributed by atoms with Crippen LogP contribution in [-0.2, 0) is 6.54 Å². The van der Waals surface area contributed by atoms with E-state index in [1.807, 2.05) is 23.6 Å². The van der Waals surface area contributed by atoms with Gasteiger partial charge in [-0.1, -0.05) is 19.9 Å². The van der Waals surface area contributed by atoms with E-state index >= 15 is 0 Å². The fourth-order valence-corrected chi connectivity index (χ4v) is 3.91. The minimum atomic E-state index is -0.108. The van der Waals surface area contributed by atoms with E-state index in [2.05, 4.69) is 28.7 Å². The first-order chi connectivity index (χ1) is 12.6. The summed E-state index contributed by atoms with van der Waals surface area (Å²) in [5.74, 6) is 1.99. The number of aromatic amines is 1. The molecular weight excluding hydrogens is 350 g/mol. The lowest BCUT2D eigenvalue weighted by atomic mass is 10.1. The number of H-pyrrole nitrogens is 1. The number of ether oxygens (including phenoxy) is 2. The van der Waals surface area contributed by atoms with Crippen LogP contribution in [0.1, 0.15) is 19.7 Å². The van der Waals surface area contributed by atoms with E-state index in [9.17, 15) is 4.79 Å². The molecule has 0 bridgehead atoms. The largest absolute Gasteiger partial charge is 0.493 e. The molecule has 7 heteroatoms. The van der Waals surface area contributed by atoms with Gasteiger partial charge in [0.2, 0.25) is 0 Å². The highest BCUT2D eigenvalue weighted by Crippen LogP contribution is 2.36. The van der Waals surface area contributed by atoms with E-state index < -0.39 is 0 Å². The Hall–Kier alpha value is -2.38. The molecule has 0 saturated carbocycles. The number of hydrogen-bond donors (Lipinski definition) is 1. The molecule has 0 saturated heterocycles. The van der Waals surface area contributed by atoms with Gasteiger partial charge in [-0.05, 0) is 30.8 Å². The first-order valence-electron chi connectivity index (χ1n) is 8.56. The Labute approximate surface area is 156 Å². The molecule has 138 valence electrons. The normalized spacial score (nSPS) is 11.3. The van der Waals surface area contributed by atoms with Crippen molar-refractivity contribution in [2.24, 2.45) is 0 Å². The van der Waals surface area contributed by atoms with Crippen LogP contribution in [-0.4, -0.2) is 42.2 Å². The summed E-state index contributed by atoms with van der Waals surface area (Å²) in [4.78, 5) is 23.3. The summed E-state index contributed by atoms with van der Waals surface area (Å²) in [6, 6.07) is 5.64. The van der Waals surface area contributed by atoms with Crippen LogP contribution >= 0.6 is 11.3 Å². The highest BCUT2D eigenvalue weighted by Gasteiger charge is 2.15. The second-order valence-corrected chi connectivity index (χ2v) is 6.73. The van der Waals surface area contributed by atoms with Crippen LogP contribution < -0.4 is 15.0 Å². The summed E-state index contributed by atoms with van der Waals surface area (Å²) >= 11 is 1.48. The van der Waals surface area contributed by atoms with Crippen LogP contribution in [0.25, 0.3) is 21.3 Å². The van der Waals surface area contributed by atoms with Crippen LogP contribution in [0.5, 0.6) is 11.5 Å². The quantitative estimate of drug-likeness (QED) is 0.686. The fourth-order valence-electron chi connectivity index (χ4n) is 2.94. The zero-order valence-electron chi connectivity index (χ0n) is 15.5. The monoisotopic (exact) mass is 373 g/mol. The molecule has 26 heavy (non-hydrogen) atoms. The second kappa shape index (κ2) is 7.88. The molecule has 0 aliphatic carbocycles. The van der Waals surface area contributed by atoms with Gasteiger partial charge in [0.15, 0.2) is 11.5 Å². The molecule has 6 nitrogen and oxygen atoms in total. The Kier molecular flexibility index (Phi) is 5.58. The van der Waals surface area contributed by atoms with Crippen molar-refractivity contribution in [3.8, 4) is 22.6 Å². The third kappa shape index (κ3) is 3.45. The van der Waals surface area contributed by atoms with Gasteiger partial charge >= 0.3 is 0 Å². The van der Waals surface area contributed by atoms with E-state index in [1.54, 1.807) is 14.2 Å². The molecule has 0 spiro atoms. The van der Waals surface area contributed by atoms with Gasteiger partial charge in [-0.15, -0.1) is 11.3 Å². The van der Waals surface area contributed by atoms with E-state index in [4.69, 9.17) is 9.47 Å². The van der Waals surface area contributed by atoms with Gasteiger partial charge in [-0.2, -0.15) is 0 Å². The predicted octanol–water partition coefficient (Wildman–Crippen LogP) is 3.51. The van der Waals surface area contributed by atoms with Crippen molar-refractivity contribution in [3.63, 3.8) is 0 Å². The molecule has 0 atom stereocenters. The van der Waals surface area contributed by atoms with Gasteiger partial charge in [0, 0.05) is 10.9 Å². The Morgan fingerprint density at radius 3 is 2.54 bits per heavy atom. The highest BCUT2D eigenvalue weighted by atomic mass is 32.1. The second-order valence-electron chi connectivity index (χ2n) is 5.87. The average molecular weight is 373 g/mol. The number of nitrogens with one attached hydrogen (secondary N) is 1. The Morgan fingerprint density at radius 1 is 1.15 bits per heavy atom. The van der Waals surface area contributed by atoms with Crippen molar-refractivity contribution in [1.82, 2.24) is 14.9 Å². The van der Waals surface area contributed by atoms with E-state index in [0.29, 0.717) is 29.3 Å². The summed E-state index contributed by atoms with van der Waals surface area (Å²) in [5, 5.41) is 2.58. The van der Waals surface area contributed by atoms with E-state index in [0.717, 1.165) is 29.0 Å². The summed E-state index contributed by atoms with van der Waals surface area (Å²) in [7, 11) is 3.20. The lowest BCUT2D eigenvalue weighted by Gasteiger charge is -2.16. The maximum absolute atomic E-state index is 12.7. The number of rotatable bonds is 7. The van der Waals surface area contributed by atoms with Gasteiger partial charge < -0.3 is 14.5 Å². The number of benzene rings is 1. The first-order valence-corrected chi connectivity index (χ1v) is 9.44. The fraction of sp³-hybridized carbons (Fsp3) is 0.368. The van der Waals surface area contributed by atoms with Crippen LogP contribution in [0.4, 0.5) is 0 Å². The van der Waals surface area contributed by atoms with E-state index in [1.165, 1.54) is 11.3 Å². The van der Waals surface area contributed by atoms with Crippen molar-refractivity contribution in [2.45, 2.75) is 20.4 Å². The van der Waals surface area contributed by atoms with Gasteiger partial charge in [0.05, 0.1) is 26.2 Å². The maximum Gasteiger partial charge on any atom is 0.260 e.